The maximum absolute atomic E-state index is 5.35. The summed E-state index contributed by atoms with van der Waals surface area (Å²) in [7, 11) is 1.97. The van der Waals surface area contributed by atoms with Gasteiger partial charge < -0.3 is 15.1 Å². The van der Waals surface area contributed by atoms with Crippen LogP contribution in [0.5, 0.6) is 0 Å². The van der Waals surface area contributed by atoms with Crippen LogP contribution in [0.1, 0.15) is 31.2 Å². The summed E-state index contributed by atoms with van der Waals surface area (Å²) in [6.45, 7) is 4.66. The molecule has 0 spiro atoms. The Bertz CT molecular complexity index is 574. The Labute approximate surface area is 138 Å². The Morgan fingerprint density at radius 1 is 1.26 bits per heavy atom. The van der Waals surface area contributed by atoms with Gasteiger partial charge in [-0.2, -0.15) is 5.10 Å². The Kier molecular flexibility index (Phi) is 7.23. The SMILES string of the molecule is CCCCN=C(NCCc1ccco1)NCCc1ccnn1C. The van der Waals surface area contributed by atoms with Crippen molar-refractivity contribution in [3.63, 3.8) is 0 Å². The number of guanidine groups is 1. The fourth-order valence-electron chi connectivity index (χ4n) is 2.24. The van der Waals surface area contributed by atoms with Gasteiger partial charge in [-0.15, -0.1) is 0 Å². The second kappa shape index (κ2) is 9.71. The molecule has 126 valence electrons. The standard InChI is InChI=1S/C17H27N5O/c1-3-4-10-18-17(20-12-9-16-6-5-14-23-16)19-11-7-15-8-13-21-22(15)2/h5-6,8,13-14H,3-4,7,9-12H2,1-2H3,(H2,18,19,20). The molecule has 0 amide bonds. The molecule has 0 saturated carbocycles. The molecule has 23 heavy (non-hydrogen) atoms. The third kappa shape index (κ3) is 6.18. The molecule has 0 aliphatic rings. The molecule has 2 N–H and O–H groups in total. The third-order valence-corrected chi connectivity index (χ3v) is 3.62. The highest BCUT2D eigenvalue weighted by molar-refractivity contribution is 5.79. The van der Waals surface area contributed by atoms with Crippen molar-refractivity contribution in [2.75, 3.05) is 19.6 Å². The van der Waals surface area contributed by atoms with E-state index in [0.29, 0.717) is 0 Å². The van der Waals surface area contributed by atoms with Crippen molar-refractivity contribution in [3.8, 4) is 0 Å². The maximum atomic E-state index is 5.35. The molecule has 6 nitrogen and oxygen atoms in total. The predicted molar refractivity (Wildman–Crippen MR) is 92.5 cm³/mol. The van der Waals surface area contributed by atoms with Crippen molar-refractivity contribution >= 4 is 5.96 Å². The topological polar surface area (TPSA) is 67.4 Å². The van der Waals surface area contributed by atoms with E-state index in [2.05, 4.69) is 27.6 Å². The van der Waals surface area contributed by atoms with Crippen molar-refractivity contribution < 1.29 is 4.42 Å². The van der Waals surface area contributed by atoms with E-state index in [1.807, 2.05) is 36.1 Å². The molecule has 2 aromatic heterocycles. The highest BCUT2D eigenvalue weighted by atomic mass is 16.3. The van der Waals surface area contributed by atoms with Crippen LogP contribution in [0.15, 0.2) is 40.1 Å². The fourth-order valence-corrected chi connectivity index (χ4v) is 2.24. The zero-order valence-electron chi connectivity index (χ0n) is 14.1. The molecule has 0 atom stereocenters. The van der Waals surface area contributed by atoms with Crippen LogP contribution in [0.25, 0.3) is 0 Å². The first-order chi connectivity index (χ1) is 11.3. The molecule has 2 aromatic rings. The van der Waals surface area contributed by atoms with Gasteiger partial charge in [-0.1, -0.05) is 13.3 Å². The minimum absolute atomic E-state index is 0.803. The smallest absolute Gasteiger partial charge is 0.191 e. The van der Waals surface area contributed by atoms with E-state index in [1.165, 1.54) is 5.69 Å². The average molecular weight is 317 g/mol. The zero-order valence-corrected chi connectivity index (χ0v) is 14.1. The van der Waals surface area contributed by atoms with E-state index < -0.39 is 0 Å². The van der Waals surface area contributed by atoms with Crippen LogP contribution in [-0.2, 0) is 19.9 Å². The second-order valence-corrected chi connectivity index (χ2v) is 5.46. The number of nitrogens with zero attached hydrogens (tertiary/aromatic N) is 3. The van der Waals surface area contributed by atoms with E-state index in [1.54, 1.807) is 6.26 Å². The van der Waals surface area contributed by atoms with Gasteiger partial charge in [0.05, 0.1) is 6.26 Å². The second-order valence-electron chi connectivity index (χ2n) is 5.46. The van der Waals surface area contributed by atoms with Crippen molar-refractivity contribution in [1.82, 2.24) is 20.4 Å². The van der Waals surface area contributed by atoms with Gasteiger partial charge in [0, 0.05) is 51.4 Å². The van der Waals surface area contributed by atoms with Crippen molar-refractivity contribution in [2.24, 2.45) is 12.0 Å². The van der Waals surface area contributed by atoms with Crippen molar-refractivity contribution in [1.29, 1.82) is 0 Å². The van der Waals surface area contributed by atoms with Gasteiger partial charge in [0.15, 0.2) is 5.96 Å². The molecule has 0 aliphatic heterocycles. The molecule has 2 heterocycles. The Morgan fingerprint density at radius 3 is 2.74 bits per heavy atom. The average Bonchev–Trinajstić information content (AvgIpc) is 3.19. The summed E-state index contributed by atoms with van der Waals surface area (Å²) in [6, 6.07) is 5.95. The summed E-state index contributed by atoms with van der Waals surface area (Å²) in [6.07, 6.45) is 7.56. The molecular weight excluding hydrogens is 290 g/mol. The number of hydrogen-bond donors (Lipinski definition) is 2. The van der Waals surface area contributed by atoms with E-state index in [0.717, 1.165) is 57.0 Å². The summed E-state index contributed by atoms with van der Waals surface area (Å²) >= 11 is 0. The molecule has 0 radical (unpaired) electrons. The van der Waals surface area contributed by atoms with Gasteiger partial charge in [0.25, 0.3) is 0 Å². The number of aromatic nitrogens is 2. The lowest BCUT2D eigenvalue weighted by molar-refractivity contribution is 0.506. The van der Waals surface area contributed by atoms with Crippen LogP contribution in [0.4, 0.5) is 0 Å². The normalized spacial score (nSPS) is 11.7. The zero-order chi connectivity index (χ0) is 16.3. The number of aryl methyl sites for hydroxylation is 1. The fraction of sp³-hybridized carbons (Fsp3) is 0.529. The van der Waals surface area contributed by atoms with E-state index in [9.17, 15) is 0 Å². The first-order valence-corrected chi connectivity index (χ1v) is 8.31. The molecule has 0 aliphatic carbocycles. The molecule has 0 unspecified atom stereocenters. The van der Waals surface area contributed by atoms with E-state index in [4.69, 9.17) is 4.42 Å². The minimum Gasteiger partial charge on any atom is -0.469 e. The maximum Gasteiger partial charge on any atom is 0.191 e. The predicted octanol–water partition coefficient (Wildman–Crippen LogP) is 2.13. The highest BCUT2D eigenvalue weighted by Gasteiger charge is 2.02. The molecule has 0 aromatic carbocycles. The van der Waals surface area contributed by atoms with Gasteiger partial charge in [-0.05, 0) is 24.6 Å². The minimum atomic E-state index is 0.803. The molecule has 2 rings (SSSR count). The first-order valence-electron chi connectivity index (χ1n) is 8.31. The summed E-state index contributed by atoms with van der Waals surface area (Å²) < 4.78 is 7.25. The van der Waals surface area contributed by atoms with Crippen LogP contribution in [0, 0.1) is 0 Å². The number of rotatable bonds is 9. The van der Waals surface area contributed by atoms with Gasteiger partial charge in [-0.3, -0.25) is 9.67 Å². The van der Waals surface area contributed by atoms with Crippen LogP contribution < -0.4 is 10.6 Å². The molecule has 0 saturated heterocycles. The third-order valence-electron chi connectivity index (χ3n) is 3.62. The lowest BCUT2D eigenvalue weighted by atomic mass is 10.3. The number of nitrogens with one attached hydrogen (secondary N) is 2. The largest absolute Gasteiger partial charge is 0.469 e. The summed E-state index contributed by atoms with van der Waals surface area (Å²) in [5.74, 6) is 1.85. The van der Waals surface area contributed by atoms with E-state index >= 15 is 0 Å². The lowest BCUT2D eigenvalue weighted by Crippen LogP contribution is -2.39. The van der Waals surface area contributed by atoms with Crippen LogP contribution >= 0.6 is 0 Å². The first kappa shape index (κ1) is 17.1. The van der Waals surface area contributed by atoms with Gasteiger partial charge >= 0.3 is 0 Å². The van der Waals surface area contributed by atoms with Crippen LogP contribution in [0.3, 0.4) is 0 Å². The van der Waals surface area contributed by atoms with Crippen LogP contribution in [0.2, 0.25) is 0 Å². The number of aliphatic imine (C=N–C) groups is 1. The van der Waals surface area contributed by atoms with Gasteiger partial charge in [0.2, 0.25) is 0 Å². The summed E-state index contributed by atoms with van der Waals surface area (Å²) in [5.41, 5.74) is 1.21. The van der Waals surface area contributed by atoms with Crippen LogP contribution in [-0.4, -0.2) is 35.4 Å². The quantitative estimate of drug-likeness (QED) is 0.422. The lowest BCUT2D eigenvalue weighted by Gasteiger charge is -2.12. The number of furan rings is 1. The van der Waals surface area contributed by atoms with Crippen molar-refractivity contribution in [2.45, 2.75) is 32.6 Å². The van der Waals surface area contributed by atoms with E-state index in [-0.39, 0.29) is 0 Å². The molecule has 6 heteroatoms. The summed E-state index contributed by atoms with van der Waals surface area (Å²) in [4.78, 5) is 4.61. The Balaban J connectivity index is 1.76. The summed E-state index contributed by atoms with van der Waals surface area (Å²) in [5, 5.41) is 10.9. The van der Waals surface area contributed by atoms with Gasteiger partial charge in [-0.25, -0.2) is 0 Å². The highest BCUT2D eigenvalue weighted by Crippen LogP contribution is 1.99. The number of hydrogen-bond acceptors (Lipinski definition) is 3. The monoisotopic (exact) mass is 317 g/mol. The molecule has 0 fully saturated rings. The van der Waals surface area contributed by atoms with Gasteiger partial charge in [0.1, 0.15) is 5.76 Å². The van der Waals surface area contributed by atoms with Crippen molar-refractivity contribution in [3.05, 3.63) is 42.1 Å². The Morgan fingerprint density at radius 2 is 2.09 bits per heavy atom. The molecular formula is C17H27N5O. The molecule has 0 bridgehead atoms. The Hall–Kier alpha value is -2.24. The number of unbranched alkanes of at least 4 members (excludes halogenated alkanes) is 1.